The maximum Gasteiger partial charge on any atom is 0.313 e. The van der Waals surface area contributed by atoms with Crippen molar-refractivity contribution in [3.8, 4) is 5.75 Å². The number of fused-ring (bicyclic) bond motifs is 1. The molecule has 0 saturated carbocycles. The molecule has 0 spiro atoms. The highest BCUT2D eigenvalue weighted by Crippen LogP contribution is 2.32. The number of carboxylic acid groups (broad SMARTS) is 1. The number of thioether (sulfide) groups is 1. The number of carboxylic acids is 1. The molecular weight excluding hydrogens is 290 g/mol. The van der Waals surface area contributed by atoms with Gasteiger partial charge in [0.1, 0.15) is 11.6 Å². The van der Waals surface area contributed by atoms with Crippen molar-refractivity contribution in [2.75, 3.05) is 12.4 Å². The molecule has 0 amide bonds. The SMILES string of the molecule is Cn1c(SCC(=O)O)nnc1C1COc2ccccc2C1. The normalized spacial score (nSPS) is 17.1. The quantitative estimate of drug-likeness (QED) is 0.867. The van der Waals surface area contributed by atoms with Gasteiger partial charge in [0, 0.05) is 7.05 Å². The van der Waals surface area contributed by atoms with Gasteiger partial charge in [-0.15, -0.1) is 10.2 Å². The maximum atomic E-state index is 10.6. The van der Waals surface area contributed by atoms with Crippen LogP contribution in [0, 0.1) is 0 Å². The Morgan fingerprint density at radius 2 is 2.29 bits per heavy atom. The molecule has 1 unspecified atom stereocenters. The van der Waals surface area contributed by atoms with Gasteiger partial charge in [-0.05, 0) is 18.1 Å². The lowest BCUT2D eigenvalue weighted by Crippen LogP contribution is -2.22. The molecule has 1 aliphatic heterocycles. The van der Waals surface area contributed by atoms with Crippen molar-refractivity contribution in [3.05, 3.63) is 35.7 Å². The number of hydrogen-bond acceptors (Lipinski definition) is 5. The first-order valence-electron chi connectivity index (χ1n) is 6.59. The van der Waals surface area contributed by atoms with Crippen LogP contribution < -0.4 is 4.74 Å². The zero-order chi connectivity index (χ0) is 14.8. The number of rotatable bonds is 4. The summed E-state index contributed by atoms with van der Waals surface area (Å²) in [6.07, 6.45) is 0.853. The number of aliphatic carboxylic acids is 1. The molecule has 1 aromatic heterocycles. The van der Waals surface area contributed by atoms with Crippen LogP contribution in [0.15, 0.2) is 29.4 Å². The Labute approximate surface area is 126 Å². The molecular formula is C14H15N3O3S. The highest BCUT2D eigenvalue weighted by Gasteiger charge is 2.26. The van der Waals surface area contributed by atoms with Gasteiger partial charge in [-0.25, -0.2) is 0 Å². The van der Waals surface area contributed by atoms with Crippen LogP contribution >= 0.6 is 11.8 Å². The fourth-order valence-corrected chi connectivity index (χ4v) is 3.07. The van der Waals surface area contributed by atoms with Crippen molar-refractivity contribution in [2.45, 2.75) is 17.5 Å². The lowest BCUT2D eigenvalue weighted by atomic mass is 9.96. The van der Waals surface area contributed by atoms with E-state index in [2.05, 4.69) is 16.3 Å². The summed E-state index contributed by atoms with van der Waals surface area (Å²) in [5.41, 5.74) is 1.16. The molecule has 0 aliphatic carbocycles. The maximum absolute atomic E-state index is 10.6. The zero-order valence-corrected chi connectivity index (χ0v) is 12.3. The van der Waals surface area contributed by atoms with Gasteiger partial charge in [0.25, 0.3) is 0 Å². The van der Waals surface area contributed by atoms with Crippen LogP contribution in [0.1, 0.15) is 17.3 Å². The van der Waals surface area contributed by atoms with Gasteiger partial charge in [-0.1, -0.05) is 30.0 Å². The minimum Gasteiger partial charge on any atom is -0.493 e. The van der Waals surface area contributed by atoms with Gasteiger partial charge in [-0.3, -0.25) is 4.79 Å². The smallest absolute Gasteiger partial charge is 0.313 e. The summed E-state index contributed by atoms with van der Waals surface area (Å²) in [4.78, 5) is 10.6. The lowest BCUT2D eigenvalue weighted by Gasteiger charge is -2.24. The van der Waals surface area contributed by atoms with Crippen molar-refractivity contribution >= 4 is 17.7 Å². The van der Waals surface area contributed by atoms with Crippen LogP contribution in [0.2, 0.25) is 0 Å². The molecule has 6 nitrogen and oxygen atoms in total. The van der Waals surface area contributed by atoms with Crippen molar-refractivity contribution < 1.29 is 14.6 Å². The van der Waals surface area contributed by atoms with E-state index < -0.39 is 5.97 Å². The van der Waals surface area contributed by atoms with Crippen molar-refractivity contribution in [2.24, 2.45) is 7.05 Å². The first kappa shape index (κ1) is 13.9. The van der Waals surface area contributed by atoms with Gasteiger partial charge in [-0.2, -0.15) is 0 Å². The second-order valence-electron chi connectivity index (χ2n) is 4.90. The van der Waals surface area contributed by atoms with Crippen molar-refractivity contribution in [1.29, 1.82) is 0 Å². The number of carbonyl (C=O) groups is 1. The van der Waals surface area contributed by atoms with Crippen LogP contribution in [0.25, 0.3) is 0 Å². The molecule has 7 heteroatoms. The van der Waals surface area contributed by atoms with Crippen LogP contribution in [0.4, 0.5) is 0 Å². The summed E-state index contributed by atoms with van der Waals surface area (Å²) >= 11 is 1.17. The minimum absolute atomic E-state index is 0.0179. The number of hydrogen-bond donors (Lipinski definition) is 1. The number of aromatic nitrogens is 3. The third-order valence-electron chi connectivity index (χ3n) is 3.44. The van der Waals surface area contributed by atoms with Crippen LogP contribution in [-0.4, -0.2) is 38.2 Å². The molecule has 1 aromatic carbocycles. The van der Waals surface area contributed by atoms with Gasteiger partial charge in [0.15, 0.2) is 5.16 Å². The standard InChI is InChI=1S/C14H15N3O3S/c1-17-13(15-16-14(17)21-8-12(18)19)10-6-9-4-2-3-5-11(9)20-7-10/h2-5,10H,6-8H2,1H3,(H,18,19). The first-order valence-corrected chi connectivity index (χ1v) is 7.58. The molecule has 1 atom stereocenters. The molecule has 1 N–H and O–H groups in total. The van der Waals surface area contributed by atoms with Crippen LogP contribution in [0.3, 0.4) is 0 Å². The van der Waals surface area contributed by atoms with E-state index in [9.17, 15) is 4.79 Å². The number of benzene rings is 1. The lowest BCUT2D eigenvalue weighted by molar-refractivity contribution is -0.133. The third kappa shape index (κ3) is 2.87. The van der Waals surface area contributed by atoms with E-state index in [0.717, 1.165) is 23.6 Å². The molecule has 0 radical (unpaired) electrons. The van der Waals surface area contributed by atoms with Gasteiger partial charge < -0.3 is 14.4 Å². The van der Waals surface area contributed by atoms with E-state index in [4.69, 9.17) is 9.84 Å². The molecule has 3 rings (SSSR count). The van der Waals surface area contributed by atoms with E-state index >= 15 is 0 Å². The molecule has 1 aliphatic rings. The highest BCUT2D eigenvalue weighted by atomic mass is 32.2. The molecule has 2 aromatic rings. The monoisotopic (exact) mass is 305 g/mol. The number of para-hydroxylation sites is 1. The van der Waals surface area contributed by atoms with E-state index in [-0.39, 0.29) is 11.7 Å². The molecule has 110 valence electrons. The largest absolute Gasteiger partial charge is 0.493 e. The summed E-state index contributed by atoms with van der Waals surface area (Å²) < 4.78 is 7.63. The first-order chi connectivity index (χ1) is 10.1. The molecule has 0 saturated heterocycles. The Balaban J connectivity index is 1.78. The summed E-state index contributed by atoms with van der Waals surface area (Å²) in [5, 5.41) is 17.6. The second kappa shape index (κ2) is 5.77. The van der Waals surface area contributed by atoms with E-state index in [1.54, 1.807) is 0 Å². The molecule has 21 heavy (non-hydrogen) atoms. The fourth-order valence-electron chi connectivity index (χ4n) is 2.43. The Kier molecular flexibility index (Phi) is 3.83. The fraction of sp³-hybridized carbons (Fsp3) is 0.357. The number of nitrogens with zero attached hydrogens (tertiary/aromatic N) is 3. The molecule has 2 heterocycles. The zero-order valence-electron chi connectivity index (χ0n) is 11.5. The average molecular weight is 305 g/mol. The van der Waals surface area contributed by atoms with Crippen LogP contribution in [0.5, 0.6) is 5.75 Å². The summed E-state index contributed by atoms with van der Waals surface area (Å²) in [6, 6.07) is 7.98. The van der Waals surface area contributed by atoms with Gasteiger partial charge in [0.05, 0.1) is 18.3 Å². The van der Waals surface area contributed by atoms with Crippen molar-refractivity contribution in [1.82, 2.24) is 14.8 Å². The Hall–Kier alpha value is -2.02. The summed E-state index contributed by atoms with van der Waals surface area (Å²) in [5.74, 6) is 1.01. The average Bonchev–Trinajstić information content (AvgIpc) is 2.85. The topological polar surface area (TPSA) is 77.2 Å². The Morgan fingerprint density at radius 3 is 3.10 bits per heavy atom. The Morgan fingerprint density at radius 1 is 1.48 bits per heavy atom. The minimum atomic E-state index is -0.862. The van der Waals surface area contributed by atoms with Crippen LogP contribution in [-0.2, 0) is 18.3 Å². The van der Waals surface area contributed by atoms with Gasteiger partial charge >= 0.3 is 5.97 Å². The molecule has 0 fully saturated rings. The molecule has 0 bridgehead atoms. The number of ether oxygens (including phenoxy) is 1. The summed E-state index contributed by atoms with van der Waals surface area (Å²) in [6.45, 7) is 0.562. The van der Waals surface area contributed by atoms with Crippen molar-refractivity contribution in [3.63, 3.8) is 0 Å². The predicted octanol–water partition coefficient (Wildman–Crippen LogP) is 1.71. The van der Waals surface area contributed by atoms with E-state index in [1.165, 1.54) is 11.8 Å². The van der Waals surface area contributed by atoms with Gasteiger partial charge in [0.2, 0.25) is 0 Å². The second-order valence-corrected chi connectivity index (χ2v) is 5.84. The predicted molar refractivity (Wildman–Crippen MR) is 77.7 cm³/mol. The van der Waals surface area contributed by atoms with E-state index in [1.807, 2.05) is 29.8 Å². The summed E-state index contributed by atoms with van der Waals surface area (Å²) in [7, 11) is 1.86. The third-order valence-corrected chi connectivity index (χ3v) is 4.44. The van der Waals surface area contributed by atoms with E-state index in [0.29, 0.717) is 11.8 Å². The highest BCUT2D eigenvalue weighted by molar-refractivity contribution is 7.99. The Bertz CT molecular complexity index is 671.